The van der Waals surface area contributed by atoms with E-state index in [2.05, 4.69) is 33.0 Å². The van der Waals surface area contributed by atoms with Crippen LogP contribution in [0.2, 0.25) is 0 Å². The molecular formula is C12H16BrNO. The molecule has 0 amide bonds. The molecule has 0 unspecified atom stereocenters. The van der Waals surface area contributed by atoms with E-state index in [-0.39, 0.29) is 5.78 Å². The average Bonchev–Trinajstić information content (AvgIpc) is 2.17. The second-order valence-electron chi connectivity index (χ2n) is 3.71. The maximum atomic E-state index is 10.8. The highest BCUT2D eigenvalue weighted by molar-refractivity contribution is 9.10. The predicted octanol–water partition coefficient (Wildman–Crippen LogP) is 3.25. The van der Waals surface area contributed by atoms with Gasteiger partial charge in [0.25, 0.3) is 0 Å². The quantitative estimate of drug-likeness (QED) is 0.818. The van der Waals surface area contributed by atoms with E-state index in [1.807, 2.05) is 19.2 Å². The molecular weight excluding hydrogens is 254 g/mol. The minimum absolute atomic E-state index is 0.262. The van der Waals surface area contributed by atoms with Gasteiger partial charge in [0.1, 0.15) is 5.78 Å². The molecule has 0 spiro atoms. The van der Waals surface area contributed by atoms with Crippen LogP contribution in [-0.4, -0.2) is 19.4 Å². The number of ketones is 1. The van der Waals surface area contributed by atoms with E-state index in [0.29, 0.717) is 6.42 Å². The number of halogens is 1. The predicted molar refractivity (Wildman–Crippen MR) is 67.3 cm³/mol. The molecule has 0 bridgehead atoms. The van der Waals surface area contributed by atoms with Gasteiger partial charge in [0.15, 0.2) is 0 Å². The van der Waals surface area contributed by atoms with Crippen LogP contribution in [0.4, 0.5) is 5.69 Å². The third kappa shape index (κ3) is 4.47. The van der Waals surface area contributed by atoms with E-state index in [4.69, 9.17) is 0 Å². The van der Waals surface area contributed by atoms with E-state index in [1.165, 1.54) is 5.69 Å². The fourth-order valence-electron chi connectivity index (χ4n) is 1.41. The number of hydrogen-bond acceptors (Lipinski definition) is 2. The highest BCUT2D eigenvalue weighted by Crippen LogP contribution is 2.18. The zero-order chi connectivity index (χ0) is 11.3. The molecule has 0 aromatic heterocycles. The molecule has 0 atom stereocenters. The summed E-state index contributed by atoms with van der Waals surface area (Å²) in [4.78, 5) is 13.0. The average molecular weight is 270 g/mol. The van der Waals surface area contributed by atoms with Crippen LogP contribution in [0.1, 0.15) is 19.8 Å². The summed E-state index contributed by atoms with van der Waals surface area (Å²) >= 11 is 3.44. The number of anilines is 1. The highest BCUT2D eigenvalue weighted by atomic mass is 79.9. The van der Waals surface area contributed by atoms with Gasteiger partial charge in [0, 0.05) is 30.2 Å². The summed E-state index contributed by atoms with van der Waals surface area (Å²) in [5.74, 6) is 0.262. The van der Waals surface area contributed by atoms with E-state index < -0.39 is 0 Å². The highest BCUT2D eigenvalue weighted by Gasteiger charge is 2.01. The number of rotatable bonds is 5. The lowest BCUT2D eigenvalue weighted by Gasteiger charge is -2.19. The van der Waals surface area contributed by atoms with Crippen LogP contribution >= 0.6 is 15.9 Å². The van der Waals surface area contributed by atoms with Crippen molar-refractivity contribution in [1.29, 1.82) is 0 Å². The maximum absolute atomic E-state index is 10.8. The largest absolute Gasteiger partial charge is 0.375 e. The number of hydrogen-bond donors (Lipinski definition) is 0. The number of carbonyl (C=O) groups is 1. The fraction of sp³-hybridized carbons (Fsp3) is 0.417. The maximum Gasteiger partial charge on any atom is 0.129 e. The van der Waals surface area contributed by atoms with Crippen LogP contribution in [0.5, 0.6) is 0 Å². The van der Waals surface area contributed by atoms with Gasteiger partial charge in [-0.05, 0) is 31.5 Å². The molecule has 0 radical (unpaired) electrons. The Morgan fingerprint density at radius 2 is 2.20 bits per heavy atom. The summed E-state index contributed by atoms with van der Waals surface area (Å²) in [6.45, 7) is 2.55. The van der Waals surface area contributed by atoms with Gasteiger partial charge < -0.3 is 9.69 Å². The summed E-state index contributed by atoms with van der Waals surface area (Å²) in [6.07, 6.45) is 1.58. The van der Waals surface area contributed by atoms with Crippen LogP contribution < -0.4 is 4.90 Å². The van der Waals surface area contributed by atoms with Crippen LogP contribution in [0.15, 0.2) is 28.7 Å². The van der Waals surface area contributed by atoms with E-state index >= 15 is 0 Å². The number of Topliss-reactive ketones (excluding diaryl/α,β-unsaturated/α-hetero) is 1. The first-order valence-corrected chi connectivity index (χ1v) is 5.85. The minimum Gasteiger partial charge on any atom is -0.375 e. The van der Waals surface area contributed by atoms with Crippen LogP contribution in [0.3, 0.4) is 0 Å². The van der Waals surface area contributed by atoms with Crippen molar-refractivity contribution in [3.8, 4) is 0 Å². The van der Waals surface area contributed by atoms with E-state index in [1.54, 1.807) is 6.92 Å². The van der Waals surface area contributed by atoms with Crippen molar-refractivity contribution in [3.05, 3.63) is 28.7 Å². The zero-order valence-corrected chi connectivity index (χ0v) is 10.8. The van der Waals surface area contributed by atoms with Crippen molar-refractivity contribution in [2.75, 3.05) is 18.5 Å². The molecule has 0 saturated carbocycles. The third-order valence-electron chi connectivity index (χ3n) is 2.27. The Morgan fingerprint density at radius 1 is 1.47 bits per heavy atom. The first kappa shape index (κ1) is 12.2. The monoisotopic (exact) mass is 269 g/mol. The van der Waals surface area contributed by atoms with Gasteiger partial charge in [-0.2, -0.15) is 0 Å². The van der Waals surface area contributed by atoms with Gasteiger partial charge >= 0.3 is 0 Å². The van der Waals surface area contributed by atoms with Crippen molar-refractivity contribution in [2.45, 2.75) is 19.8 Å². The molecule has 0 fully saturated rings. The molecule has 0 N–H and O–H groups in total. The Balaban J connectivity index is 2.46. The summed E-state index contributed by atoms with van der Waals surface area (Å²) in [5.41, 5.74) is 1.17. The van der Waals surface area contributed by atoms with Crippen molar-refractivity contribution in [2.24, 2.45) is 0 Å². The van der Waals surface area contributed by atoms with Gasteiger partial charge in [0.05, 0.1) is 0 Å². The lowest BCUT2D eigenvalue weighted by atomic mass is 10.2. The molecule has 0 aliphatic carbocycles. The second kappa shape index (κ2) is 5.91. The summed E-state index contributed by atoms with van der Waals surface area (Å²) in [7, 11) is 2.04. The lowest BCUT2D eigenvalue weighted by molar-refractivity contribution is -0.117. The van der Waals surface area contributed by atoms with Gasteiger partial charge in [0.2, 0.25) is 0 Å². The van der Waals surface area contributed by atoms with Crippen LogP contribution in [0.25, 0.3) is 0 Å². The topological polar surface area (TPSA) is 20.3 Å². The molecule has 0 heterocycles. The van der Waals surface area contributed by atoms with Crippen molar-refractivity contribution in [1.82, 2.24) is 0 Å². The van der Waals surface area contributed by atoms with Gasteiger partial charge in [-0.3, -0.25) is 0 Å². The third-order valence-corrected chi connectivity index (χ3v) is 2.76. The molecule has 3 heteroatoms. The Bertz CT molecular complexity index is 338. The summed E-state index contributed by atoms with van der Waals surface area (Å²) < 4.78 is 1.08. The second-order valence-corrected chi connectivity index (χ2v) is 4.62. The minimum atomic E-state index is 0.262. The Labute approximate surface area is 99.4 Å². The molecule has 0 aliphatic heterocycles. The van der Waals surface area contributed by atoms with Crippen molar-refractivity contribution in [3.63, 3.8) is 0 Å². The summed E-state index contributed by atoms with van der Waals surface area (Å²) in [6, 6.07) is 8.17. The molecule has 0 aliphatic rings. The number of nitrogens with zero attached hydrogens (tertiary/aromatic N) is 1. The van der Waals surface area contributed by atoms with E-state index in [0.717, 1.165) is 17.4 Å². The van der Waals surface area contributed by atoms with Crippen molar-refractivity contribution < 1.29 is 4.79 Å². The van der Waals surface area contributed by atoms with E-state index in [9.17, 15) is 4.79 Å². The number of benzene rings is 1. The number of carbonyl (C=O) groups excluding carboxylic acids is 1. The lowest BCUT2D eigenvalue weighted by Crippen LogP contribution is -2.18. The molecule has 2 nitrogen and oxygen atoms in total. The van der Waals surface area contributed by atoms with Crippen molar-refractivity contribution >= 4 is 27.4 Å². The summed E-state index contributed by atoms with van der Waals surface area (Å²) in [5, 5.41) is 0. The molecule has 1 rings (SSSR count). The van der Waals surface area contributed by atoms with Gasteiger partial charge in [-0.1, -0.05) is 22.0 Å². The van der Waals surface area contributed by atoms with Crippen LogP contribution in [-0.2, 0) is 4.79 Å². The molecule has 1 aromatic rings. The Kier molecular flexibility index (Phi) is 4.82. The van der Waals surface area contributed by atoms with Gasteiger partial charge in [-0.15, -0.1) is 0 Å². The Hall–Kier alpha value is -0.830. The standard InChI is InChI=1S/C12H16BrNO/c1-10(15)5-4-8-14(2)12-7-3-6-11(13)9-12/h3,6-7,9H,4-5,8H2,1-2H3. The Morgan fingerprint density at radius 3 is 2.80 bits per heavy atom. The molecule has 82 valence electrons. The fourth-order valence-corrected chi connectivity index (χ4v) is 1.79. The normalized spacial score (nSPS) is 10.1. The SMILES string of the molecule is CC(=O)CCCN(C)c1cccc(Br)c1. The molecule has 1 aromatic carbocycles. The van der Waals surface area contributed by atoms with Crippen LogP contribution in [0, 0.1) is 0 Å². The molecule has 0 saturated heterocycles. The first-order valence-electron chi connectivity index (χ1n) is 5.06. The first-order chi connectivity index (χ1) is 7.09. The van der Waals surface area contributed by atoms with Gasteiger partial charge in [-0.25, -0.2) is 0 Å². The molecule has 15 heavy (non-hydrogen) atoms. The zero-order valence-electron chi connectivity index (χ0n) is 9.16. The smallest absolute Gasteiger partial charge is 0.129 e.